The summed E-state index contributed by atoms with van der Waals surface area (Å²) in [5.41, 5.74) is 10.1. The van der Waals surface area contributed by atoms with Gasteiger partial charge in [-0.3, -0.25) is 4.79 Å². The zero-order chi connectivity index (χ0) is 22.7. The van der Waals surface area contributed by atoms with Gasteiger partial charge in [0.25, 0.3) is 0 Å². The highest BCUT2D eigenvalue weighted by Crippen LogP contribution is 2.39. The van der Waals surface area contributed by atoms with Crippen LogP contribution in [0.3, 0.4) is 0 Å². The third-order valence-corrected chi connectivity index (χ3v) is 6.40. The van der Waals surface area contributed by atoms with Crippen molar-refractivity contribution in [3.8, 4) is 33.0 Å². The largest absolute Gasteiger partial charge is 0.490 e. The number of hydrogen-bond acceptors (Lipinski definition) is 7. The van der Waals surface area contributed by atoms with Crippen molar-refractivity contribution < 1.29 is 9.53 Å². The average molecular weight is 448 g/mol. The minimum Gasteiger partial charge on any atom is -0.490 e. The molecule has 0 unspecified atom stereocenters. The van der Waals surface area contributed by atoms with E-state index in [0.29, 0.717) is 11.3 Å². The van der Waals surface area contributed by atoms with Crippen molar-refractivity contribution in [2.45, 2.75) is 45.3 Å². The molecule has 0 saturated heterocycles. The predicted molar refractivity (Wildman–Crippen MR) is 124 cm³/mol. The fourth-order valence-corrected chi connectivity index (χ4v) is 4.90. The number of rotatable bonds is 6. The molecule has 0 aliphatic heterocycles. The molecule has 1 aliphatic carbocycles. The van der Waals surface area contributed by atoms with E-state index in [1.165, 1.54) is 16.9 Å². The van der Waals surface area contributed by atoms with Gasteiger partial charge in [-0.05, 0) is 62.4 Å². The van der Waals surface area contributed by atoms with Crippen LogP contribution in [0.2, 0.25) is 0 Å². The predicted octanol–water partition coefficient (Wildman–Crippen LogP) is 3.98. The van der Waals surface area contributed by atoms with Gasteiger partial charge in [-0.15, -0.1) is 10.2 Å². The lowest BCUT2D eigenvalue weighted by Crippen LogP contribution is -2.35. The van der Waals surface area contributed by atoms with E-state index in [1.807, 2.05) is 32.0 Å². The quantitative estimate of drug-likeness (QED) is 0.591. The second-order valence-electron chi connectivity index (χ2n) is 7.99. The highest BCUT2D eigenvalue weighted by atomic mass is 32.1. The lowest BCUT2D eigenvalue weighted by molar-refractivity contribution is -0.120. The molecular weight excluding hydrogens is 422 g/mol. The smallest absolute Gasteiger partial charge is 0.234 e. The molecule has 0 radical (unpaired) electrons. The number of aromatic nitrogens is 2. The monoisotopic (exact) mass is 447 g/mol. The molecule has 1 atom stereocenters. The number of benzene rings is 2. The molecule has 0 saturated carbocycles. The second kappa shape index (κ2) is 9.47. The number of nitriles is 1. The van der Waals surface area contributed by atoms with Crippen LogP contribution in [-0.4, -0.2) is 28.8 Å². The number of ether oxygens (including phenoxy) is 1. The Labute approximate surface area is 191 Å². The van der Waals surface area contributed by atoms with Crippen molar-refractivity contribution in [1.82, 2.24) is 15.5 Å². The van der Waals surface area contributed by atoms with Gasteiger partial charge < -0.3 is 15.8 Å². The van der Waals surface area contributed by atoms with Crippen LogP contribution in [0.1, 0.15) is 49.4 Å². The van der Waals surface area contributed by atoms with Crippen LogP contribution < -0.4 is 15.8 Å². The first-order valence-electron chi connectivity index (χ1n) is 10.7. The summed E-state index contributed by atoms with van der Waals surface area (Å²) in [7, 11) is 0. The zero-order valence-electron chi connectivity index (χ0n) is 18.1. The number of carbonyl (C=O) groups is 1. The van der Waals surface area contributed by atoms with E-state index in [9.17, 15) is 10.1 Å². The summed E-state index contributed by atoms with van der Waals surface area (Å²) in [5, 5.41) is 23.0. The van der Waals surface area contributed by atoms with Crippen LogP contribution in [-0.2, 0) is 11.2 Å². The van der Waals surface area contributed by atoms with Crippen molar-refractivity contribution in [2.24, 2.45) is 5.73 Å². The van der Waals surface area contributed by atoms with E-state index in [0.717, 1.165) is 46.0 Å². The van der Waals surface area contributed by atoms with Gasteiger partial charge in [-0.1, -0.05) is 29.5 Å². The molecule has 1 aromatic heterocycles. The summed E-state index contributed by atoms with van der Waals surface area (Å²) in [4.78, 5) is 11.9. The van der Waals surface area contributed by atoms with Gasteiger partial charge in [0.15, 0.2) is 0 Å². The van der Waals surface area contributed by atoms with E-state index in [1.54, 1.807) is 6.07 Å². The molecule has 1 heterocycles. The Hall–Kier alpha value is -3.28. The van der Waals surface area contributed by atoms with Crippen molar-refractivity contribution in [1.29, 1.82) is 5.26 Å². The highest BCUT2D eigenvalue weighted by molar-refractivity contribution is 7.17. The minimum atomic E-state index is -0.148. The Morgan fingerprint density at radius 3 is 2.88 bits per heavy atom. The summed E-state index contributed by atoms with van der Waals surface area (Å²) in [6.45, 7) is 3.84. The molecule has 0 bridgehead atoms. The first kappa shape index (κ1) is 21.9. The summed E-state index contributed by atoms with van der Waals surface area (Å²) in [6, 6.07) is 13.8. The van der Waals surface area contributed by atoms with Crippen molar-refractivity contribution >= 4 is 17.2 Å². The molecule has 32 heavy (non-hydrogen) atoms. The lowest BCUT2D eigenvalue weighted by atomic mass is 9.85. The number of nitrogens with zero attached hydrogens (tertiary/aromatic N) is 3. The fraction of sp³-hybridized carbons (Fsp3) is 0.333. The number of nitrogens with one attached hydrogen (secondary N) is 1. The first-order chi connectivity index (χ1) is 15.5. The van der Waals surface area contributed by atoms with Gasteiger partial charge in [0.05, 0.1) is 24.3 Å². The summed E-state index contributed by atoms with van der Waals surface area (Å²) in [5.74, 6) is 0.420. The third-order valence-electron chi connectivity index (χ3n) is 5.39. The molecule has 3 N–H and O–H groups in total. The molecule has 1 amide bonds. The standard InChI is InChI=1S/C24H25N5O2S/c1-14(2)31-21-10-9-15(11-16(21)12-25)23-28-29-24(32-23)19-7-3-6-18-17(19)5-4-8-20(18)27-22(30)13-26/h3,6-7,9-11,14,20H,4-5,8,13,26H2,1-2H3,(H,27,30)/t20-/m1/s1. The molecule has 7 nitrogen and oxygen atoms in total. The topological polar surface area (TPSA) is 114 Å². The summed E-state index contributed by atoms with van der Waals surface area (Å²) >= 11 is 1.49. The molecule has 0 spiro atoms. The molecule has 8 heteroatoms. The van der Waals surface area contributed by atoms with E-state index < -0.39 is 0 Å². The van der Waals surface area contributed by atoms with Gasteiger partial charge in [-0.2, -0.15) is 5.26 Å². The van der Waals surface area contributed by atoms with Gasteiger partial charge in [-0.25, -0.2) is 0 Å². The summed E-state index contributed by atoms with van der Waals surface area (Å²) in [6.07, 6.45) is 2.79. The maximum absolute atomic E-state index is 11.9. The van der Waals surface area contributed by atoms with Crippen LogP contribution in [0.5, 0.6) is 5.75 Å². The van der Waals surface area contributed by atoms with Crippen molar-refractivity contribution in [3.63, 3.8) is 0 Å². The average Bonchev–Trinajstić information content (AvgIpc) is 3.29. The molecule has 3 aromatic rings. The van der Waals surface area contributed by atoms with Gasteiger partial charge in [0.1, 0.15) is 21.8 Å². The van der Waals surface area contributed by atoms with Crippen LogP contribution in [0.25, 0.3) is 21.1 Å². The lowest BCUT2D eigenvalue weighted by Gasteiger charge is -2.27. The van der Waals surface area contributed by atoms with E-state index in [4.69, 9.17) is 10.5 Å². The molecule has 2 aromatic carbocycles. The van der Waals surface area contributed by atoms with Crippen LogP contribution in [0.4, 0.5) is 0 Å². The molecule has 4 rings (SSSR count). The fourth-order valence-electron chi connectivity index (χ4n) is 4.01. The maximum Gasteiger partial charge on any atom is 0.234 e. The van der Waals surface area contributed by atoms with Crippen LogP contribution >= 0.6 is 11.3 Å². The van der Waals surface area contributed by atoms with Gasteiger partial charge in [0, 0.05) is 11.1 Å². The zero-order valence-corrected chi connectivity index (χ0v) is 18.9. The third kappa shape index (κ3) is 4.49. The SMILES string of the molecule is CC(C)Oc1ccc(-c2nnc(-c3cccc4c3CCC[C@H]4NC(=O)CN)s2)cc1C#N. The molecular formula is C24H25N5O2S. The van der Waals surface area contributed by atoms with E-state index in [-0.39, 0.29) is 24.6 Å². The minimum absolute atomic E-state index is 0.0104. The second-order valence-corrected chi connectivity index (χ2v) is 8.97. The van der Waals surface area contributed by atoms with E-state index in [2.05, 4.69) is 33.7 Å². The van der Waals surface area contributed by atoms with Crippen molar-refractivity contribution in [2.75, 3.05) is 6.54 Å². The Morgan fingerprint density at radius 2 is 2.12 bits per heavy atom. The Morgan fingerprint density at radius 1 is 1.31 bits per heavy atom. The number of fused-ring (bicyclic) bond motifs is 1. The summed E-state index contributed by atoms with van der Waals surface area (Å²) < 4.78 is 5.72. The highest BCUT2D eigenvalue weighted by Gasteiger charge is 2.25. The Bertz CT molecular complexity index is 1180. The maximum atomic E-state index is 11.9. The normalized spacial score (nSPS) is 15.2. The number of hydrogen-bond donors (Lipinski definition) is 2. The Balaban J connectivity index is 1.66. The first-order valence-corrected chi connectivity index (χ1v) is 11.5. The van der Waals surface area contributed by atoms with E-state index >= 15 is 0 Å². The molecule has 1 aliphatic rings. The van der Waals surface area contributed by atoms with Crippen LogP contribution in [0.15, 0.2) is 36.4 Å². The van der Waals surface area contributed by atoms with Crippen molar-refractivity contribution in [3.05, 3.63) is 53.1 Å². The van der Waals surface area contributed by atoms with Gasteiger partial charge in [0.2, 0.25) is 5.91 Å². The molecule has 0 fully saturated rings. The Kier molecular flexibility index (Phi) is 6.49. The number of nitrogens with two attached hydrogens (primary N) is 1. The van der Waals surface area contributed by atoms with Gasteiger partial charge >= 0.3 is 0 Å². The number of amides is 1. The number of carbonyl (C=O) groups excluding carboxylic acids is 1. The van der Waals surface area contributed by atoms with Crippen LogP contribution in [0, 0.1) is 11.3 Å². The molecule has 164 valence electrons.